The highest BCUT2D eigenvalue weighted by Crippen LogP contribution is 2.46. The van der Waals surface area contributed by atoms with Crippen LogP contribution in [-0.4, -0.2) is 30.2 Å². The van der Waals surface area contributed by atoms with E-state index in [0.717, 1.165) is 25.5 Å². The molecule has 0 aromatic heterocycles. The third-order valence-corrected chi connectivity index (χ3v) is 3.86. The van der Waals surface area contributed by atoms with Gasteiger partial charge in [-0.05, 0) is 37.5 Å². The lowest BCUT2D eigenvalue weighted by atomic mass is 9.68. The van der Waals surface area contributed by atoms with Crippen LogP contribution in [0.1, 0.15) is 32.1 Å². The summed E-state index contributed by atoms with van der Waals surface area (Å²) in [5.41, 5.74) is -0.541. The van der Waals surface area contributed by atoms with Crippen molar-refractivity contribution in [2.24, 2.45) is 11.8 Å². The lowest BCUT2D eigenvalue weighted by molar-refractivity contribution is -0.142. The van der Waals surface area contributed by atoms with E-state index in [4.69, 9.17) is 9.84 Å². The van der Waals surface area contributed by atoms with Crippen molar-refractivity contribution in [2.75, 3.05) is 13.2 Å². The highest BCUT2D eigenvalue weighted by Gasteiger charge is 2.51. The molecular weight excluding hydrogens is 180 g/mol. The van der Waals surface area contributed by atoms with Crippen molar-refractivity contribution < 1.29 is 14.6 Å². The Balaban J connectivity index is 2.18. The molecule has 0 bridgehead atoms. The van der Waals surface area contributed by atoms with Crippen molar-refractivity contribution >= 4 is 6.29 Å². The molecule has 0 radical (unpaired) electrons. The van der Waals surface area contributed by atoms with E-state index in [1.54, 1.807) is 0 Å². The Labute approximate surface area is 84.4 Å². The molecule has 1 saturated carbocycles. The number of aldehydes is 1. The van der Waals surface area contributed by atoms with Gasteiger partial charge in [0.15, 0.2) is 6.29 Å². The summed E-state index contributed by atoms with van der Waals surface area (Å²) < 4.78 is 5.68. The monoisotopic (exact) mass is 198 g/mol. The minimum absolute atomic E-state index is 0.163. The quantitative estimate of drug-likeness (QED) is 0.692. The van der Waals surface area contributed by atoms with Crippen LogP contribution in [0.15, 0.2) is 0 Å². The van der Waals surface area contributed by atoms with Crippen molar-refractivity contribution in [3.63, 3.8) is 0 Å². The molecule has 3 heteroatoms. The third-order valence-electron chi connectivity index (χ3n) is 3.86. The number of rotatable bonds is 3. The van der Waals surface area contributed by atoms with Crippen LogP contribution in [0.3, 0.4) is 0 Å². The first kappa shape index (κ1) is 10.1. The van der Waals surface area contributed by atoms with Gasteiger partial charge in [0.2, 0.25) is 0 Å². The molecule has 3 atom stereocenters. The molecule has 2 rings (SSSR count). The summed E-state index contributed by atoms with van der Waals surface area (Å²) in [6.45, 7) is 0.877. The molecule has 1 aliphatic heterocycles. The van der Waals surface area contributed by atoms with Gasteiger partial charge in [0, 0.05) is 13.2 Å². The lowest BCUT2D eigenvalue weighted by Gasteiger charge is -2.40. The summed E-state index contributed by atoms with van der Waals surface area (Å²) >= 11 is 0. The predicted molar refractivity (Wildman–Crippen MR) is 51.9 cm³/mol. The zero-order valence-corrected chi connectivity index (χ0v) is 8.45. The molecule has 0 amide bonds. The first-order valence-corrected chi connectivity index (χ1v) is 5.54. The Morgan fingerprint density at radius 1 is 1.43 bits per heavy atom. The molecule has 1 heterocycles. The molecule has 1 aliphatic carbocycles. The number of aliphatic hydroxyl groups excluding tert-OH is 1. The SMILES string of the molecule is O=C[C@]12OCC[C@H]1CCC[C@H]2CCO. The summed E-state index contributed by atoms with van der Waals surface area (Å²) in [4.78, 5) is 11.2. The smallest absolute Gasteiger partial charge is 0.152 e. The number of aliphatic hydroxyl groups is 1. The van der Waals surface area contributed by atoms with Gasteiger partial charge in [-0.1, -0.05) is 6.42 Å². The number of ether oxygens (including phenoxy) is 1. The van der Waals surface area contributed by atoms with Crippen LogP contribution >= 0.6 is 0 Å². The molecule has 1 N–H and O–H groups in total. The van der Waals surface area contributed by atoms with Gasteiger partial charge in [0.25, 0.3) is 0 Å². The van der Waals surface area contributed by atoms with Crippen LogP contribution in [0.4, 0.5) is 0 Å². The molecule has 1 saturated heterocycles. The van der Waals surface area contributed by atoms with Crippen LogP contribution in [0.25, 0.3) is 0 Å². The Morgan fingerprint density at radius 2 is 2.29 bits per heavy atom. The Bertz CT molecular complexity index is 215. The number of fused-ring (bicyclic) bond motifs is 1. The van der Waals surface area contributed by atoms with Gasteiger partial charge in [-0.2, -0.15) is 0 Å². The molecular formula is C11H18O3. The zero-order valence-electron chi connectivity index (χ0n) is 8.45. The average Bonchev–Trinajstić information content (AvgIpc) is 2.63. The van der Waals surface area contributed by atoms with Crippen LogP contribution < -0.4 is 0 Å². The average molecular weight is 198 g/mol. The zero-order chi connectivity index (χ0) is 10.0. The summed E-state index contributed by atoms with van der Waals surface area (Å²) in [5, 5.41) is 8.98. The first-order valence-electron chi connectivity index (χ1n) is 5.54. The van der Waals surface area contributed by atoms with Gasteiger partial charge in [-0.15, -0.1) is 0 Å². The normalized spacial score (nSPS) is 42.1. The maximum atomic E-state index is 11.2. The number of hydrogen-bond donors (Lipinski definition) is 1. The minimum Gasteiger partial charge on any atom is -0.396 e. The van der Waals surface area contributed by atoms with Gasteiger partial charge in [-0.3, -0.25) is 0 Å². The van der Waals surface area contributed by atoms with E-state index < -0.39 is 5.60 Å². The predicted octanol–water partition coefficient (Wildman–Crippen LogP) is 1.14. The fourth-order valence-corrected chi connectivity index (χ4v) is 3.13. The molecule has 3 nitrogen and oxygen atoms in total. The highest BCUT2D eigenvalue weighted by atomic mass is 16.5. The summed E-state index contributed by atoms with van der Waals surface area (Å²) in [6, 6.07) is 0. The van der Waals surface area contributed by atoms with Crippen molar-refractivity contribution in [2.45, 2.75) is 37.7 Å². The summed E-state index contributed by atoms with van der Waals surface area (Å²) in [7, 11) is 0. The van der Waals surface area contributed by atoms with Crippen LogP contribution in [0.5, 0.6) is 0 Å². The highest BCUT2D eigenvalue weighted by molar-refractivity contribution is 5.65. The van der Waals surface area contributed by atoms with Crippen LogP contribution in [0, 0.1) is 11.8 Å². The van der Waals surface area contributed by atoms with E-state index in [1.807, 2.05) is 0 Å². The second kappa shape index (κ2) is 3.99. The Kier molecular flexibility index (Phi) is 2.88. The summed E-state index contributed by atoms with van der Waals surface area (Å²) in [5.74, 6) is 0.650. The minimum atomic E-state index is -0.541. The van der Waals surface area contributed by atoms with Gasteiger partial charge < -0.3 is 14.6 Å². The second-order valence-electron chi connectivity index (χ2n) is 4.45. The van der Waals surface area contributed by atoms with E-state index in [-0.39, 0.29) is 12.5 Å². The van der Waals surface area contributed by atoms with Crippen LogP contribution in [-0.2, 0) is 9.53 Å². The van der Waals surface area contributed by atoms with Gasteiger partial charge >= 0.3 is 0 Å². The number of carbonyl (C=O) groups excluding carboxylic acids is 1. The molecule has 2 aliphatic rings. The maximum Gasteiger partial charge on any atom is 0.152 e. The Hall–Kier alpha value is -0.410. The standard InChI is InChI=1S/C11H18O3/c12-6-4-9-2-1-3-10-5-7-14-11(9,10)8-13/h8-10,12H,1-7H2/t9-,10+,11+/m0/s1. The number of hydrogen-bond acceptors (Lipinski definition) is 3. The van der Waals surface area contributed by atoms with E-state index in [2.05, 4.69) is 0 Å². The van der Waals surface area contributed by atoms with E-state index >= 15 is 0 Å². The lowest BCUT2D eigenvalue weighted by Crippen LogP contribution is -2.47. The number of carbonyl (C=O) groups is 1. The molecule has 2 fully saturated rings. The van der Waals surface area contributed by atoms with E-state index in [1.165, 1.54) is 6.42 Å². The Morgan fingerprint density at radius 3 is 3.00 bits per heavy atom. The maximum absolute atomic E-state index is 11.2. The van der Waals surface area contributed by atoms with Crippen molar-refractivity contribution in [1.29, 1.82) is 0 Å². The molecule has 0 aromatic rings. The third kappa shape index (κ3) is 1.39. The van der Waals surface area contributed by atoms with Crippen molar-refractivity contribution in [1.82, 2.24) is 0 Å². The van der Waals surface area contributed by atoms with Gasteiger partial charge in [0.05, 0.1) is 0 Å². The first-order chi connectivity index (χ1) is 6.83. The molecule has 0 aromatic carbocycles. The van der Waals surface area contributed by atoms with Crippen molar-refractivity contribution in [3.8, 4) is 0 Å². The van der Waals surface area contributed by atoms with Crippen molar-refractivity contribution in [3.05, 3.63) is 0 Å². The topological polar surface area (TPSA) is 46.5 Å². The fourth-order valence-electron chi connectivity index (χ4n) is 3.13. The van der Waals surface area contributed by atoms with Crippen LogP contribution in [0.2, 0.25) is 0 Å². The van der Waals surface area contributed by atoms with Gasteiger partial charge in [-0.25, -0.2) is 0 Å². The largest absolute Gasteiger partial charge is 0.396 e. The van der Waals surface area contributed by atoms with E-state index in [9.17, 15) is 4.79 Å². The fraction of sp³-hybridized carbons (Fsp3) is 0.909. The summed E-state index contributed by atoms with van der Waals surface area (Å²) in [6.07, 6.45) is 6.03. The van der Waals surface area contributed by atoms with E-state index in [0.29, 0.717) is 18.9 Å². The molecule has 0 spiro atoms. The molecule has 80 valence electrons. The second-order valence-corrected chi connectivity index (χ2v) is 4.45. The molecule has 14 heavy (non-hydrogen) atoms. The molecule has 0 unspecified atom stereocenters. The van der Waals surface area contributed by atoms with Gasteiger partial charge in [0.1, 0.15) is 5.60 Å².